The van der Waals surface area contributed by atoms with Crippen LogP contribution in [0.4, 0.5) is 5.13 Å². The Labute approximate surface area is 322 Å². The topological polar surface area (TPSA) is 121 Å². The number of carbonyl (C=O) groups excluding carboxylic acids is 4. The first kappa shape index (κ1) is 38.3. The summed E-state index contributed by atoms with van der Waals surface area (Å²) in [4.78, 5) is 56.0. The minimum absolute atomic E-state index is 0.0172. The first-order chi connectivity index (χ1) is 26.0. The van der Waals surface area contributed by atoms with E-state index in [0.29, 0.717) is 16.3 Å². The zero-order chi connectivity index (χ0) is 38.2. The summed E-state index contributed by atoms with van der Waals surface area (Å²) in [7, 11) is 0. The van der Waals surface area contributed by atoms with E-state index in [1.807, 2.05) is 115 Å². The van der Waals surface area contributed by atoms with Crippen molar-refractivity contribution >= 4 is 83.4 Å². The van der Waals surface area contributed by atoms with Crippen LogP contribution in [-0.4, -0.2) is 54.1 Å². The van der Waals surface area contributed by atoms with Crippen LogP contribution in [0.15, 0.2) is 133 Å². The Morgan fingerprint density at radius 1 is 0.759 bits per heavy atom. The molecule has 6 rings (SSSR count). The number of benzene rings is 5. The van der Waals surface area contributed by atoms with Crippen LogP contribution in [0.2, 0.25) is 0 Å². The third-order valence-electron chi connectivity index (χ3n) is 8.86. The number of fused-ring (bicyclic) bond motifs is 1. The maximum absolute atomic E-state index is 14.8. The number of esters is 2. The number of anilines is 1. The third-order valence-corrected chi connectivity index (χ3v) is 16.9. The Balaban J connectivity index is 1.36. The van der Waals surface area contributed by atoms with Gasteiger partial charge in [-0.05, 0) is 12.1 Å². The Kier molecular flexibility index (Phi) is 11.9. The van der Waals surface area contributed by atoms with E-state index in [1.54, 1.807) is 18.2 Å². The van der Waals surface area contributed by atoms with E-state index in [1.165, 1.54) is 25.2 Å². The second-order valence-corrected chi connectivity index (χ2v) is 20.2. The summed E-state index contributed by atoms with van der Waals surface area (Å²) in [6.07, 6.45) is -0.930. The summed E-state index contributed by atoms with van der Waals surface area (Å²) in [6.45, 7) is 1.92. The molecule has 0 aliphatic heterocycles. The van der Waals surface area contributed by atoms with Gasteiger partial charge in [0.1, 0.15) is 0 Å². The van der Waals surface area contributed by atoms with E-state index >= 15 is 0 Å². The molecule has 6 aromatic rings. The number of nitrogens with zero attached hydrogens (tertiary/aromatic N) is 1. The van der Waals surface area contributed by atoms with Gasteiger partial charge in [-0.2, -0.15) is 0 Å². The monoisotopic (exact) mass is 780 g/mol. The first-order valence-electron chi connectivity index (χ1n) is 17.2. The summed E-state index contributed by atoms with van der Waals surface area (Å²) in [5.74, 6) is -5.50. The summed E-state index contributed by atoms with van der Waals surface area (Å²) in [6, 6.07) is 41.6. The molecule has 0 aliphatic carbocycles. The maximum atomic E-state index is 14.8. The molecule has 1 heterocycles. The van der Waals surface area contributed by atoms with Crippen molar-refractivity contribution < 1.29 is 33.4 Å². The molecule has 1 amide bonds. The number of halogens is 1. The van der Waals surface area contributed by atoms with Crippen molar-refractivity contribution in [2.24, 2.45) is 0 Å². The Hall–Kier alpha value is -5.41. The van der Waals surface area contributed by atoms with Gasteiger partial charge in [-0.25, -0.2) is 0 Å². The molecule has 54 heavy (non-hydrogen) atoms. The molecule has 1 N–H and O–H groups in total. The van der Waals surface area contributed by atoms with Crippen molar-refractivity contribution in [1.82, 2.24) is 4.98 Å². The molecule has 9 nitrogen and oxygen atoms in total. The van der Waals surface area contributed by atoms with Gasteiger partial charge in [-0.15, -0.1) is 0 Å². The number of thiazole rings is 1. The van der Waals surface area contributed by atoms with E-state index in [0.717, 1.165) is 26.1 Å². The Morgan fingerprint density at radius 3 is 1.89 bits per heavy atom. The number of carbonyl (C=O) groups is 4. The molecule has 0 saturated carbocycles. The number of hydrogen-bond donors (Lipinski definition) is 1. The normalized spacial score (nSPS) is 12.5. The van der Waals surface area contributed by atoms with Gasteiger partial charge in [0.25, 0.3) is 0 Å². The molecule has 276 valence electrons. The van der Waals surface area contributed by atoms with E-state index < -0.39 is 29.9 Å². The molecule has 0 radical (unpaired) electrons. The van der Waals surface area contributed by atoms with E-state index in [4.69, 9.17) is 25.5 Å². The number of para-hydroxylation sites is 1. The fraction of sp³-hybridized carbons (Fsp3) is 0.167. The fourth-order valence-electron chi connectivity index (χ4n) is 6.40. The van der Waals surface area contributed by atoms with Crippen molar-refractivity contribution in [3.63, 3.8) is 0 Å². The molecule has 0 aliphatic rings. The molecular formula is C42H38ClN2O7PS. The van der Waals surface area contributed by atoms with Crippen LogP contribution < -0.4 is 26.0 Å². The van der Waals surface area contributed by atoms with Crippen LogP contribution in [-0.2, 0) is 30.3 Å². The van der Waals surface area contributed by atoms with Gasteiger partial charge in [0, 0.05) is 0 Å². The van der Waals surface area contributed by atoms with E-state index in [9.17, 15) is 19.2 Å². The molecule has 1 unspecified atom stereocenters. The molecule has 12 heteroatoms. The van der Waals surface area contributed by atoms with Gasteiger partial charge in [-0.1, -0.05) is 12.1 Å². The summed E-state index contributed by atoms with van der Waals surface area (Å²) >= 11 is 9.55. The van der Waals surface area contributed by atoms with Crippen LogP contribution in [0.5, 0.6) is 5.75 Å². The second-order valence-electron chi connectivity index (χ2n) is 12.7. The molecule has 1 atom stereocenters. The van der Waals surface area contributed by atoms with Crippen molar-refractivity contribution in [1.29, 1.82) is 0 Å². The molecule has 1 aromatic heterocycles. The second kappa shape index (κ2) is 16.7. The average molecular weight is 781 g/mol. The number of Topliss-reactive ketones (excluding diaryl/α,β-unsaturated/α-hetero) is 1. The van der Waals surface area contributed by atoms with Crippen molar-refractivity contribution in [2.75, 3.05) is 24.7 Å². The average Bonchev–Trinajstić information content (AvgIpc) is 3.59. The molecule has 0 fully saturated rings. The zero-order valence-electron chi connectivity index (χ0n) is 29.6. The molecule has 0 bridgehead atoms. The van der Waals surface area contributed by atoms with Crippen molar-refractivity contribution in [2.45, 2.75) is 26.4 Å². The van der Waals surface area contributed by atoms with E-state index in [2.05, 4.69) is 10.3 Å². The summed E-state index contributed by atoms with van der Waals surface area (Å²) < 4.78 is 17.7. The van der Waals surface area contributed by atoms with Gasteiger partial charge >= 0.3 is 289 Å². The number of hydrogen-bond acceptors (Lipinski definition) is 9. The molecule has 5 aromatic carbocycles. The first-order valence-corrected chi connectivity index (χ1v) is 21.3. The number of aromatic nitrogens is 1. The number of ether oxygens (including phenoxy) is 3. The standard InChI is InChI=1S/C42H38ClN2O7PS/c1-29(46)50-26-33(52-30(2)47)25-32-24-31(22-23-39(32)51-27-41(49)45-42-44-37-20-12-13-21-40(37)54-42)38(48)28-53(43,34-14-6-3-7-15-34,35-16-8-4-9-17-35)36-18-10-5-11-19-36/h3-24,33H,25-28H2,1-2H3,(H,44,45,49). The number of rotatable bonds is 15. The van der Waals surface area contributed by atoms with Crippen LogP contribution >= 0.6 is 28.5 Å². The van der Waals surface area contributed by atoms with E-state index in [-0.39, 0.29) is 37.3 Å². The Bertz CT molecular complexity index is 2150. The van der Waals surface area contributed by atoms with Crippen LogP contribution in [0.3, 0.4) is 0 Å². The molecule has 0 saturated heterocycles. The minimum atomic E-state index is -3.98. The fourth-order valence-corrected chi connectivity index (χ4v) is 13.2. The summed E-state index contributed by atoms with van der Waals surface area (Å²) in [5.41, 5.74) is 1.56. The van der Waals surface area contributed by atoms with Gasteiger partial charge in [0.15, 0.2) is 0 Å². The summed E-state index contributed by atoms with van der Waals surface area (Å²) in [5, 5.41) is 5.73. The SMILES string of the molecule is CC(=O)OCC(Cc1cc(C(=O)CP(Cl)(c2ccccc2)(c2ccccc2)c2ccccc2)ccc1OCC(=O)Nc1nc2ccccc2s1)OC(C)=O. The van der Waals surface area contributed by atoms with Crippen LogP contribution in [0.25, 0.3) is 10.2 Å². The predicted octanol–water partition coefficient (Wildman–Crippen LogP) is 7.22. The molecule has 0 spiro atoms. The van der Waals surface area contributed by atoms with Crippen LogP contribution in [0.1, 0.15) is 29.8 Å². The number of ketones is 1. The molecular weight excluding hydrogens is 743 g/mol. The van der Waals surface area contributed by atoms with Gasteiger partial charge in [0.05, 0.1) is 10.2 Å². The third kappa shape index (κ3) is 8.52. The van der Waals surface area contributed by atoms with Gasteiger partial charge < -0.3 is 0 Å². The van der Waals surface area contributed by atoms with Crippen molar-refractivity contribution in [3.8, 4) is 5.75 Å². The Morgan fingerprint density at radius 2 is 1.33 bits per heavy atom. The van der Waals surface area contributed by atoms with Crippen molar-refractivity contribution in [3.05, 3.63) is 145 Å². The van der Waals surface area contributed by atoms with Gasteiger partial charge in [-0.3, -0.25) is 0 Å². The number of amides is 1. The van der Waals surface area contributed by atoms with Gasteiger partial charge in [0.2, 0.25) is 0 Å². The van der Waals surface area contributed by atoms with Crippen LogP contribution in [0, 0.1) is 0 Å². The quantitative estimate of drug-likeness (QED) is 0.0660. The zero-order valence-corrected chi connectivity index (χ0v) is 32.1. The number of nitrogens with one attached hydrogen (secondary N) is 1. The predicted molar refractivity (Wildman–Crippen MR) is 216 cm³/mol.